The van der Waals surface area contributed by atoms with Crippen LogP contribution in [-0.4, -0.2) is 34.3 Å². The van der Waals surface area contributed by atoms with E-state index in [-0.39, 0.29) is 0 Å². The third kappa shape index (κ3) is 3.39. The molecule has 1 N–H and O–H groups in total. The van der Waals surface area contributed by atoms with Crippen LogP contribution in [0.3, 0.4) is 0 Å². The van der Waals surface area contributed by atoms with E-state index in [1.807, 2.05) is 30.5 Å². The molecular weight excluding hydrogens is 298 g/mol. The molecule has 3 heterocycles. The predicted octanol–water partition coefficient (Wildman–Crippen LogP) is 3.03. The largest absolute Gasteiger partial charge is 0.478 e. The summed E-state index contributed by atoms with van der Waals surface area (Å²) in [6.07, 6.45) is 4.07. The number of anilines is 1. The smallest absolute Gasteiger partial charge is 0.218 e. The van der Waals surface area contributed by atoms with E-state index in [1.165, 1.54) is 0 Å². The Kier molecular flexibility index (Phi) is 4.90. The Hall–Kier alpha value is -1.66. The second kappa shape index (κ2) is 7.07. The number of nitrogens with zero attached hydrogens (tertiary/aromatic N) is 3. The molecule has 0 aromatic carbocycles. The van der Waals surface area contributed by atoms with Gasteiger partial charge in [0.2, 0.25) is 5.88 Å². The summed E-state index contributed by atoms with van der Waals surface area (Å²) < 4.78 is 5.46. The highest BCUT2D eigenvalue weighted by atomic mass is 32.1. The van der Waals surface area contributed by atoms with Gasteiger partial charge in [-0.1, -0.05) is 6.07 Å². The summed E-state index contributed by atoms with van der Waals surface area (Å²) in [5.41, 5.74) is 0. The number of hydrogen-bond acceptors (Lipinski definition) is 6. The van der Waals surface area contributed by atoms with Crippen LogP contribution in [0.2, 0.25) is 0 Å². The van der Waals surface area contributed by atoms with Crippen molar-refractivity contribution in [1.82, 2.24) is 9.97 Å². The highest BCUT2D eigenvalue weighted by Gasteiger charge is 2.28. The molecule has 2 atom stereocenters. The molecule has 1 aliphatic heterocycles. The van der Waals surface area contributed by atoms with Gasteiger partial charge in [-0.2, -0.15) is 0 Å². The van der Waals surface area contributed by atoms with Gasteiger partial charge in [-0.15, -0.1) is 11.3 Å². The zero-order chi connectivity index (χ0) is 15.4. The van der Waals surface area contributed by atoms with Gasteiger partial charge in [-0.05, 0) is 37.6 Å². The van der Waals surface area contributed by atoms with Crippen molar-refractivity contribution >= 4 is 17.2 Å². The minimum absolute atomic E-state index is 0.307. The van der Waals surface area contributed by atoms with E-state index in [0.29, 0.717) is 18.5 Å². The van der Waals surface area contributed by atoms with Crippen LogP contribution in [0.1, 0.15) is 37.2 Å². The number of aromatic nitrogens is 2. The fourth-order valence-electron chi connectivity index (χ4n) is 2.95. The molecule has 1 fully saturated rings. The number of hydrogen-bond donors (Lipinski definition) is 1. The first-order chi connectivity index (χ1) is 10.8. The Labute approximate surface area is 134 Å². The van der Waals surface area contributed by atoms with E-state index in [9.17, 15) is 5.11 Å². The molecule has 0 saturated carbocycles. The van der Waals surface area contributed by atoms with Crippen molar-refractivity contribution in [3.05, 3.63) is 34.8 Å². The van der Waals surface area contributed by atoms with Crippen LogP contribution < -0.4 is 9.64 Å². The van der Waals surface area contributed by atoms with Gasteiger partial charge in [0.05, 0.1) is 12.7 Å². The molecule has 6 heteroatoms. The Morgan fingerprint density at radius 2 is 2.41 bits per heavy atom. The molecule has 0 spiro atoms. The monoisotopic (exact) mass is 319 g/mol. The average molecular weight is 319 g/mol. The fraction of sp³-hybridized carbons (Fsp3) is 0.500. The summed E-state index contributed by atoms with van der Waals surface area (Å²) in [5.74, 6) is 1.50. The lowest BCUT2D eigenvalue weighted by Gasteiger charge is -2.27. The van der Waals surface area contributed by atoms with E-state index in [2.05, 4.69) is 14.9 Å². The van der Waals surface area contributed by atoms with Crippen LogP contribution in [-0.2, 0) is 0 Å². The van der Waals surface area contributed by atoms with Gasteiger partial charge in [0, 0.05) is 23.5 Å². The maximum absolute atomic E-state index is 10.4. The van der Waals surface area contributed by atoms with Crippen molar-refractivity contribution in [2.45, 2.75) is 38.3 Å². The normalized spacial score (nSPS) is 19.4. The SMILES string of the molecule is CCOc1cc(N2CCC[C@H]2C[C@@H](O)c2cccs2)ncn1. The lowest BCUT2D eigenvalue weighted by molar-refractivity contribution is 0.161. The van der Waals surface area contributed by atoms with Crippen LogP contribution in [0.15, 0.2) is 29.9 Å². The zero-order valence-electron chi connectivity index (χ0n) is 12.7. The fourth-order valence-corrected chi connectivity index (χ4v) is 3.68. The van der Waals surface area contributed by atoms with Gasteiger partial charge in [0.1, 0.15) is 12.1 Å². The maximum Gasteiger partial charge on any atom is 0.218 e. The van der Waals surface area contributed by atoms with Gasteiger partial charge in [-0.3, -0.25) is 0 Å². The molecule has 0 aliphatic carbocycles. The molecule has 1 saturated heterocycles. The van der Waals surface area contributed by atoms with Crippen LogP contribution >= 0.6 is 11.3 Å². The summed E-state index contributed by atoms with van der Waals surface area (Å²) in [7, 11) is 0. The summed E-state index contributed by atoms with van der Waals surface area (Å²) in [6.45, 7) is 3.50. The van der Waals surface area contributed by atoms with Crippen LogP contribution in [0.5, 0.6) is 5.88 Å². The molecule has 0 amide bonds. The van der Waals surface area contributed by atoms with E-state index in [1.54, 1.807) is 17.7 Å². The van der Waals surface area contributed by atoms with E-state index < -0.39 is 6.10 Å². The summed E-state index contributed by atoms with van der Waals surface area (Å²) in [6, 6.07) is 6.17. The van der Waals surface area contributed by atoms with Crippen LogP contribution in [0.4, 0.5) is 5.82 Å². The lowest BCUT2D eigenvalue weighted by atomic mass is 10.1. The van der Waals surface area contributed by atoms with E-state index >= 15 is 0 Å². The van der Waals surface area contributed by atoms with E-state index in [0.717, 1.165) is 36.5 Å². The molecule has 5 nitrogen and oxygen atoms in total. The molecular formula is C16H21N3O2S. The van der Waals surface area contributed by atoms with Crippen molar-refractivity contribution in [3.63, 3.8) is 0 Å². The van der Waals surface area contributed by atoms with Crippen molar-refractivity contribution < 1.29 is 9.84 Å². The first kappa shape index (κ1) is 15.2. The second-order valence-electron chi connectivity index (χ2n) is 5.40. The van der Waals surface area contributed by atoms with Gasteiger partial charge >= 0.3 is 0 Å². The number of thiophene rings is 1. The van der Waals surface area contributed by atoms with Crippen LogP contribution in [0.25, 0.3) is 0 Å². The summed E-state index contributed by atoms with van der Waals surface area (Å²) >= 11 is 1.61. The molecule has 0 radical (unpaired) electrons. The Balaban J connectivity index is 1.71. The van der Waals surface area contributed by atoms with Crippen molar-refractivity contribution in [2.75, 3.05) is 18.1 Å². The number of ether oxygens (including phenoxy) is 1. The highest BCUT2D eigenvalue weighted by Crippen LogP contribution is 2.32. The first-order valence-electron chi connectivity index (χ1n) is 7.71. The molecule has 2 aromatic rings. The summed E-state index contributed by atoms with van der Waals surface area (Å²) in [4.78, 5) is 11.8. The minimum atomic E-state index is -0.404. The Bertz CT molecular complexity index is 591. The molecule has 3 rings (SSSR count). The van der Waals surface area contributed by atoms with Gasteiger partial charge in [-0.25, -0.2) is 9.97 Å². The number of aliphatic hydroxyl groups is 1. The van der Waals surface area contributed by atoms with Crippen LogP contribution in [0, 0.1) is 0 Å². The Morgan fingerprint density at radius 3 is 3.18 bits per heavy atom. The standard InChI is InChI=1S/C16H21N3O2S/c1-2-21-16-10-15(17-11-18-16)19-7-3-5-12(19)9-13(20)14-6-4-8-22-14/h4,6,8,10-13,20H,2-3,5,7,9H2,1H3/t12-,13+/m0/s1. The number of rotatable bonds is 6. The zero-order valence-corrected chi connectivity index (χ0v) is 13.5. The number of aliphatic hydroxyl groups excluding tert-OH is 1. The van der Waals surface area contributed by atoms with E-state index in [4.69, 9.17) is 4.74 Å². The lowest BCUT2D eigenvalue weighted by Crippen LogP contribution is -2.31. The van der Waals surface area contributed by atoms with Gasteiger partial charge in [0.15, 0.2) is 0 Å². The molecule has 0 unspecified atom stereocenters. The maximum atomic E-state index is 10.4. The van der Waals surface area contributed by atoms with Gasteiger partial charge in [0.25, 0.3) is 0 Å². The van der Waals surface area contributed by atoms with Crippen molar-refractivity contribution in [2.24, 2.45) is 0 Å². The molecule has 22 heavy (non-hydrogen) atoms. The third-order valence-corrected chi connectivity index (χ3v) is 4.93. The minimum Gasteiger partial charge on any atom is -0.478 e. The average Bonchev–Trinajstić information content (AvgIpc) is 3.19. The molecule has 2 aromatic heterocycles. The highest BCUT2D eigenvalue weighted by molar-refractivity contribution is 7.10. The molecule has 1 aliphatic rings. The topological polar surface area (TPSA) is 58.5 Å². The first-order valence-corrected chi connectivity index (χ1v) is 8.59. The molecule has 118 valence electrons. The van der Waals surface area contributed by atoms with Crippen molar-refractivity contribution in [1.29, 1.82) is 0 Å². The predicted molar refractivity (Wildman–Crippen MR) is 87.5 cm³/mol. The summed E-state index contributed by atoms with van der Waals surface area (Å²) in [5, 5.41) is 12.4. The Morgan fingerprint density at radius 1 is 1.50 bits per heavy atom. The second-order valence-corrected chi connectivity index (χ2v) is 6.38. The third-order valence-electron chi connectivity index (χ3n) is 3.96. The molecule has 0 bridgehead atoms. The van der Waals surface area contributed by atoms with Crippen molar-refractivity contribution in [3.8, 4) is 5.88 Å². The van der Waals surface area contributed by atoms with Gasteiger partial charge < -0.3 is 14.7 Å². The quantitative estimate of drug-likeness (QED) is 0.887.